The largest absolute Gasteiger partial charge is 0.490 e. The van der Waals surface area contributed by atoms with Crippen molar-refractivity contribution in [3.63, 3.8) is 0 Å². The normalized spacial score (nSPS) is 25.1. The Labute approximate surface area is 178 Å². The molecule has 1 aliphatic carbocycles. The van der Waals surface area contributed by atoms with Crippen LogP contribution in [0.2, 0.25) is 0 Å². The third-order valence-electron chi connectivity index (χ3n) is 5.82. The van der Waals surface area contributed by atoms with Crippen LogP contribution < -0.4 is 0 Å². The highest BCUT2D eigenvalue weighted by molar-refractivity contribution is 5.94. The Morgan fingerprint density at radius 1 is 1.29 bits per heavy atom. The summed E-state index contributed by atoms with van der Waals surface area (Å²) in [7, 11) is 0. The molecule has 7 nitrogen and oxygen atoms in total. The van der Waals surface area contributed by atoms with Crippen LogP contribution in [-0.4, -0.2) is 72.6 Å². The van der Waals surface area contributed by atoms with Gasteiger partial charge < -0.3 is 19.5 Å². The van der Waals surface area contributed by atoms with Gasteiger partial charge in [0.2, 0.25) is 0 Å². The van der Waals surface area contributed by atoms with Crippen molar-refractivity contribution < 1.29 is 37.3 Å². The maximum Gasteiger partial charge on any atom is 0.490 e. The standard InChI is InChI=1S/C19H26N2O3.C2HF3O2/c1-13-5-16(6-14(2)20-13)18(22)21-7-17-9-24-12-19(17,10-21)11-23-8-15-3-4-15;3-2(4,5)1(6)7/h5-6,15,17H,3-4,7-12H2,1-2H3;(H,6,7)/t17-,19-;/m1./s1. The zero-order valence-electron chi connectivity index (χ0n) is 17.6. The van der Waals surface area contributed by atoms with Gasteiger partial charge in [0.15, 0.2) is 0 Å². The van der Waals surface area contributed by atoms with E-state index in [1.165, 1.54) is 12.8 Å². The van der Waals surface area contributed by atoms with Crippen molar-refractivity contribution in [2.75, 3.05) is 39.5 Å². The molecule has 10 heteroatoms. The van der Waals surface area contributed by atoms with E-state index in [1.54, 1.807) is 0 Å². The molecule has 0 unspecified atom stereocenters. The van der Waals surface area contributed by atoms with Crippen LogP contribution in [0.1, 0.15) is 34.6 Å². The van der Waals surface area contributed by atoms with Crippen molar-refractivity contribution >= 4 is 11.9 Å². The number of alkyl halides is 3. The Bertz CT molecular complexity index is 807. The zero-order valence-corrected chi connectivity index (χ0v) is 17.6. The summed E-state index contributed by atoms with van der Waals surface area (Å²) < 4.78 is 43.5. The number of likely N-dealkylation sites (tertiary alicyclic amines) is 1. The third kappa shape index (κ3) is 5.94. The van der Waals surface area contributed by atoms with Crippen molar-refractivity contribution in [1.29, 1.82) is 0 Å². The van der Waals surface area contributed by atoms with Crippen LogP contribution in [-0.2, 0) is 14.3 Å². The fraction of sp³-hybridized carbons (Fsp3) is 0.667. The number of carbonyl (C=O) groups excluding carboxylic acids is 1. The molecule has 1 saturated carbocycles. The van der Waals surface area contributed by atoms with Gasteiger partial charge in [-0.15, -0.1) is 0 Å². The second kappa shape index (κ2) is 9.12. The van der Waals surface area contributed by atoms with Crippen LogP contribution in [0.15, 0.2) is 12.1 Å². The monoisotopic (exact) mass is 444 g/mol. The molecule has 3 heterocycles. The van der Waals surface area contributed by atoms with Crippen LogP contribution in [0.5, 0.6) is 0 Å². The summed E-state index contributed by atoms with van der Waals surface area (Å²) in [5.41, 5.74) is 2.52. The first-order valence-electron chi connectivity index (χ1n) is 10.2. The summed E-state index contributed by atoms with van der Waals surface area (Å²) >= 11 is 0. The smallest absolute Gasteiger partial charge is 0.475 e. The van der Waals surface area contributed by atoms with Crippen molar-refractivity contribution in [3.8, 4) is 0 Å². The maximum atomic E-state index is 12.9. The molecule has 1 N–H and O–H groups in total. The van der Waals surface area contributed by atoms with Crippen LogP contribution in [0.3, 0.4) is 0 Å². The molecule has 2 aliphatic heterocycles. The molecular formula is C21H27F3N2O5. The van der Waals surface area contributed by atoms with Gasteiger partial charge in [0.1, 0.15) is 0 Å². The van der Waals surface area contributed by atoms with Crippen LogP contribution in [0.4, 0.5) is 13.2 Å². The number of carboxylic acid groups (broad SMARTS) is 1. The summed E-state index contributed by atoms with van der Waals surface area (Å²) in [5, 5.41) is 7.12. The molecule has 2 saturated heterocycles. The van der Waals surface area contributed by atoms with E-state index in [-0.39, 0.29) is 11.3 Å². The topological polar surface area (TPSA) is 89.0 Å². The average Bonchev–Trinajstić information content (AvgIpc) is 3.29. The average molecular weight is 444 g/mol. The minimum atomic E-state index is -5.08. The molecule has 0 aromatic carbocycles. The minimum Gasteiger partial charge on any atom is -0.475 e. The van der Waals surface area contributed by atoms with Gasteiger partial charge in [-0.05, 0) is 44.7 Å². The summed E-state index contributed by atoms with van der Waals surface area (Å²) in [4.78, 5) is 28.2. The predicted molar refractivity (Wildman–Crippen MR) is 104 cm³/mol. The van der Waals surface area contributed by atoms with Crippen molar-refractivity contribution in [1.82, 2.24) is 9.88 Å². The van der Waals surface area contributed by atoms with E-state index in [2.05, 4.69) is 4.98 Å². The lowest BCUT2D eigenvalue weighted by Crippen LogP contribution is -2.37. The first kappa shape index (κ1) is 23.5. The molecule has 1 aromatic rings. The van der Waals surface area contributed by atoms with Gasteiger partial charge in [-0.2, -0.15) is 13.2 Å². The maximum absolute atomic E-state index is 12.9. The molecule has 2 atom stereocenters. The van der Waals surface area contributed by atoms with E-state index in [0.717, 1.165) is 49.2 Å². The summed E-state index contributed by atoms with van der Waals surface area (Å²) in [6.07, 6.45) is -2.48. The second-order valence-corrected chi connectivity index (χ2v) is 8.66. The molecule has 31 heavy (non-hydrogen) atoms. The van der Waals surface area contributed by atoms with Gasteiger partial charge in [-0.25, -0.2) is 4.79 Å². The van der Waals surface area contributed by atoms with Gasteiger partial charge in [0.05, 0.1) is 19.8 Å². The van der Waals surface area contributed by atoms with Gasteiger partial charge in [0.25, 0.3) is 5.91 Å². The number of halogens is 3. The highest BCUT2D eigenvalue weighted by atomic mass is 19.4. The Morgan fingerprint density at radius 3 is 2.45 bits per heavy atom. The molecule has 0 bridgehead atoms. The molecule has 1 amide bonds. The highest BCUT2D eigenvalue weighted by Crippen LogP contribution is 2.42. The van der Waals surface area contributed by atoms with Crippen LogP contribution >= 0.6 is 0 Å². The number of amides is 1. The number of aryl methyl sites for hydroxylation is 2. The number of carboxylic acids is 1. The number of aromatic nitrogens is 1. The lowest BCUT2D eigenvalue weighted by Gasteiger charge is -2.27. The van der Waals surface area contributed by atoms with E-state index in [0.29, 0.717) is 19.1 Å². The number of rotatable bonds is 5. The van der Waals surface area contributed by atoms with E-state index >= 15 is 0 Å². The SMILES string of the molecule is Cc1cc(C(=O)N2C[C@@H]3COC[C@]3(COCC3CC3)C2)cc(C)n1.O=C(O)C(F)(F)F. The van der Waals surface area contributed by atoms with Gasteiger partial charge >= 0.3 is 12.1 Å². The van der Waals surface area contributed by atoms with E-state index < -0.39 is 12.1 Å². The molecule has 3 aliphatic rings. The third-order valence-corrected chi connectivity index (χ3v) is 5.82. The van der Waals surface area contributed by atoms with E-state index in [1.807, 2.05) is 30.9 Å². The number of hydrogen-bond acceptors (Lipinski definition) is 5. The number of ether oxygens (including phenoxy) is 2. The summed E-state index contributed by atoms with van der Waals surface area (Å²) in [6, 6.07) is 3.77. The number of fused-ring (bicyclic) bond motifs is 1. The number of pyridine rings is 1. The lowest BCUT2D eigenvalue weighted by atomic mass is 9.82. The zero-order chi connectivity index (χ0) is 22.8. The van der Waals surface area contributed by atoms with Gasteiger partial charge in [-0.3, -0.25) is 9.78 Å². The Morgan fingerprint density at radius 2 is 1.90 bits per heavy atom. The first-order valence-corrected chi connectivity index (χ1v) is 10.2. The number of nitrogens with zero attached hydrogens (tertiary/aromatic N) is 2. The molecule has 4 rings (SSSR count). The van der Waals surface area contributed by atoms with E-state index in [9.17, 15) is 18.0 Å². The predicted octanol–water partition coefficient (Wildman–Crippen LogP) is 2.85. The first-order chi connectivity index (χ1) is 14.5. The molecule has 0 spiro atoms. The Balaban J connectivity index is 0.000000339. The van der Waals surface area contributed by atoms with Gasteiger partial charge in [0, 0.05) is 48.0 Å². The number of carbonyl (C=O) groups is 2. The molecule has 0 radical (unpaired) electrons. The van der Waals surface area contributed by atoms with Crippen molar-refractivity contribution in [2.24, 2.45) is 17.3 Å². The van der Waals surface area contributed by atoms with E-state index in [4.69, 9.17) is 19.4 Å². The fourth-order valence-corrected chi connectivity index (χ4v) is 4.04. The summed E-state index contributed by atoms with van der Waals surface area (Å²) in [6.45, 7) is 8.41. The molecule has 3 fully saturated rings. The minimum absolute atomic E-state index is 0.0122. The van der Waals surface area contributed by atoms with Crippen LogP contribution in [0, 0.1) is 31.1 Å². The van der Waals surface area contributed by atoms with Crippen molar-refractivity contribution in [2.45, 2.75) is 32.9 Å². The van der Waals surface area contributed by atoms with Crippen LogP contribution in [0.25, 0.3) is 0 Å². The molecule has 1 aromatic heterocycles. The number of aliphatic carboxylic acids is 1. The summed E-state index contributed by atoms with van der Waals surface area (Å²) in [5.74, 6) is -1.49. The molecular weight excluding hydrogens is 417 g/mol. The lowest BCUT2D eigenvalue weighted by molar-refractivity contribution is -0.192. The van der Waals surface area contributed by atoms with Crippen molar-refractivity contribution in [3.05, 3.63) is 29.1 Å². The number of hydrogen-bond donors (Lipinski definition) is 1. The molecule has 172 valence electrons. The Kier molecular flexibility index (Phi) is 6.90. The fourth-order valence-electron chi connectivity index (χ4n) is 4.04. The van der Waals surface area contributed by atoms with Gasteiger partial charge in [-0.1, -0.05) is 0 Å². The highest BCUT2D eigenvalue weighted by Gasteiger charge is 2.52. The quantitative estimate of drug-likeness (QED) is 0.751. The Hall–Kier alpha value is -2.20. The second-order valence-electron chi connectivity index (χ2n) is 8.66.